The second-order valence-electron chi connectivity index (χ2n) is 10.2. The highest BCUT2D eigenvalue weighted by atomic mass is 19.1. The number of hydrogen-bond acceptors (Lipinski definition) is 5. The van der Waals surface area contributed by atoms with Crippen LogP contribution in [0.3, 0.4) is 0 Å². The fourth-order valence-corrected chi connectivity index (χ4v) is 4.10. The first-order chi connectivity index (χ1) is 15.8. The number of carboxylic acids is 1. The molecule has 1 aliphatic carbocycles. The van der Waals surface area contributed by atoms with Crippen LogP contribution < -0.4 is 10.6 Å². The first kappa shape index (κ1) is 25.6. The van der Waals surface area contributed by atoms with Crippen LogP contribution in [0.15, 0.2) is 30.3 Å². The molecule has 0 spiro atoms. The Balaban J connectivity index is 1.80. The van der Waals surface area contributed by atoms with Crippen LogP contribution in [0.5, 0.6) is 0 Å². The van der Waals surface area contributed by atoms with Crippen LogP contribution in [-0.2, 0) is 19.2 Å². The third-order valence-corrected chi connectivity index (χ3v) is 6.25. The van der Waals surface area contributed by atoms with Gasteiger partial charge in [-0.15, -0.1) is 0 Å². The largest absolute Gasteiger partial charge is 0.481 e. The Bertz CT molecular complexity index is 944. The highest BCUT2D eigenvalue weighted by molar-refractivity contribution is 5.96. The Morgan fingerprint density at radius 1 is 1.15 bits per heavy atom. The van der Waals surface area contributed by atoms with E-state index in [-0.39, 0.29) is 32.2 Å². The summed E-state index contributed by atoms with van der Waals surface area (Å²) in [7, 11) is 0. The highest BCUT2D eigenvalue weighted by Crippen LogP contribution is 2.40. The Kier molecular flexibility index (Phi) is 7.30. The fraction of sp³-hybridized carbons (Fsp3) is 0.583. The molecule has 1 aromatic rings. The van der Waals surface area contributed by atoms with E-state index >= 15 is 0 Å². The molecule has 3 amide bonds. The molecule has 0 bridgehead atoms. The number of nitrogens with one attached hydrogen (secondary N) is 2. The van der Waals surface area contributed by atoms with Gasteiger partial charge in [0.05, 0.1) is 18.6 Å². The van der Waals surface area contributed by atoms with Crippen molar-refractivity contribution in [3.8, 4) is 0 Å². The van der Waals surface area contributed by atoms with Crippen LogP contribution in [0.2, 0.25) is 0 Å². The monoisotopic (exact) mass is 477 g/mol. The van der Waals surface area contributed by atoms with Crippen molar-refractivity contribution >= 4 is 23.7 Å². The number of aliphatic carboxylic acids is 1. The number of amides is 3. The maximum absolute atomic E-state index is 14.3. The molecule has 1 heterocycles. The van der Waals surface area contributed by atoms with Crippen molar-refractivity contribution in [2.24, 2.45) is 5.41 Å². The topological polar surface area (TPSA) is 136 Å². The van der Waals surface area contributed by atoms with Gasteiger partial charge in [-0.2, -0.15) is 0 Å². The van der Waals surface area contributed by atoms with E-state index in [0.29, 0.717) is 5.56 Å². The van der Waals surface area contributed by atoms with E-state index in [1.165, 1.54) is 4.90 Å². The maximum Gasteiger partial charge on any atom is 0.305 e. The predicted octanol–water partition coefficient (Wildman–Crippen LogP) is 1.31. The molecule has 0 unspecified atom stereocenters. The van der Waals surface area contributed by atoms with E-state index in [0.717, 1.165) is 0 Å². The smallest absolute Gasteiger partial charge is 0.305 e. The SMILES string of the molecule is CC(C)(C)[C@H](NC(=O)C1(F)CC1)C(=O)N1C[C@H](O)C[C@H]1C(=O)N[C@@H](CC(=O)O)c1ccccc1. The van der Waals surface area contributed by atoms with Gasteiger partial charge in [0.1, 0.15) is 12.1 Å². The van der Waals surface area contributed by atoms with Crippen molar-refractivity contribution in [1.29, 1.82) is 0 Å². The van der Waals surface area contributed by atoms with Crippen LogP contribution in [0.25, 0.3) is 0 Å². The number of benzene rings is 1. The third kappa shape index (κ3) is 5.91. The van der Waals surface area contributed by atoms with Crippen molar-refractivity contribution in [2.75, 3.05) is 6.54 Å². The zero-order valence-electron chi connectivity index (χ0n) is 19.6. The summed E-state index contributed by atoms with van der Waals surface area (Å²) in [6, 6.07) is 5.58. The molecule has 1 aromatic carbocycles. The number of carbonyl (C=O) groups excluding carboxylic acids is 3. The quantitative estimate of drug-likeness (QED) is 0.446. The predicted molar refractivity (Wildman–Crippen MR) is 120 cm³/mol. The number of carbonyl (C=O) groups is 4. The molecule has 0 radical (unpaired) electrons. The van der Waals surface area contributed by atoms with E-state index in [2.05, 4.69) is 10.6 Å². The van der Waals surface area contributed by atoms with E-state index in [4.69, 9.17) is 0 Å². The molecule has 9 nitrogen and oxygen atoms in total. The first-order valence-corrected chi connectivity index (χ1v) is 11.4. The molecule has 10 heteroatoms. The van der Waals surface area contributed by atoms with Gasteiger partial charge in [0.15, 0.2) is 5.67 Å². The maximum atomic E-state index is 14.3. The summed E-state index contributed by atoms with van der Waals surface area (Å²) < 4.78 is 14.3. The minimum absolute atomic E-state index is 0.0377. The van der Waals surface area contributed by atoms with Crippen molar-refractivity contribution in [2.45, 2.75) is 76.4 Å². The summed E-state index contributed by atoms with van der Waals surface area (Å²) in [5, 5.41) is 24.8. The molecule has 1 saturated carbocycles. The molecule has 3 rings (SSSR count). The lowest BCUT2D eigenvalue weighted by Crippen LogP contribution is -2.59. The molecule has 2 aliphatic rings. The summed E-state index contributed by atoms with van der Waals surface area (Å²) in [5.41, 5.74) is -2.17. The van der Waals surface area contributed by atoms with Gasteiger partial charge >= 0.3 is 5.97 Å². The lowest BCUT2D eigenvalue weighted by molar-refractivity contribution is -0.145. The summed E-state index contributed by atoms with van der Waals surface area (Å²) in [4.78, 5) is 51.6. The number of likely N-dealkylation sites (tertiary alicyclic amines) is 1. The molecule has 1 aliphatic heterocycles. The molecule has 1 saturated heterocycles. The van der Waals surface area contributed by atoms with Crippen LogP contribution in [0.4, 0.5) is 4.39 Å². The van der Waals surface area contributed by atoms with Gasteiger partial charge in [-0.1, -0.05) is 51.1 Å². The van der Waals surface area contributed by atoms with Crippen LogP contribution in [0.1, 0.15) is 58.1 Å². The third-order valence-electron chi connectivity index (χ3n) is 6.25. The number of alkyl halides is 1. The zero-order valence-corrected chi connectivity index (χ0v) is 19.6. The number of aliphatic hydroxyl groups excluding tert-OH is 1. The van der Waals surface area contributed by atoms with Gasteiger partial charge in [-0.25, -0.2) is 4.39 Å². The van der Waals surface area contributed by atoms with Crippen molar-refractivity contribution in [3.05, 3.63) is 35.9 Å². The Hall–Kier alpha value is -3.01. The van der Waals surface area contributed by atoms with Gasteiger partial charge in [-0.3, -0.25) is 19.2 Å². The van der Waals surface area contributed by atoms with Crippen LogP contribution in [-0.4, -0.2) is 69.2 Å². The molecular weight excluding hydrogens is 445 g/mol. The normalized spacial score (nSPS) is 23.0. The summed E-state index contributed by atoms with van der Waals surface area (Å²) in [6.07, 6.45) is -1.17. The summed E-state index contributed by atoms with van der Waals surface area (Å²) >= 11 is 0. The minimum atomic E-state index is -1.97. The summed E-state index contributed by atoms with van der Waals surface area (Å²) in [6.45, 7) is 5.02. The first-order valence-electron chi connectivity index (χ1n) is 11.4. The number of β-amino-alcohol motifs (C(OH)–C–C–N with tert-alkyl or cyclic N) is 1. The second-order valence-corrected chi connectivity index (χ2v) is 10.2. The Morgan fingerprint density at radius 2 is 1.76 bits per heavy atom. The average molecular weight is 478 g/mol. The van der Waals surface area contributed by atoms with Crippen molar-refractivity contribution in [3.63, 3.8) is 0 Å². The van der Waals surface area contributed by atoms with Crippen LogP contribution in [0, 0.1) is 5.41 Å². The number of hydrogen-bond donors (Lipinski definition) is 4. The fourth-order valence-electron chi connectivity index (χ4n) is 4.10. The zero-order chi connectivity index (χ0) is 25.3. The number of aliphatic hydroxyl groups is 1. The van der Waals surface area contributed by atoms with Gasteiger partial charge in [0, 0.05) is 13.0 Å². The minimum Gasteiger partial charge on any atom is -0.481 e. The Morgan fingerprint density at radius 3 is 2.29 bits per heavy atom. The van der Waals surface area contributed by atoms with E-state index in [1.54, 1.807) is 51.1 Å². The number of halogens is 1. The number of carboxylic acid groups (broad SMARTS) is 1. The molecule has 34 heavy (non-hydrogen) atoms. The second kappa shape index (κ2) is 9.69. The van der Waals surface area contributed by atoms with E-state index < -0.39 is 59.0 Å². The number of nitrogens with zero attached hydrogens (tertiary/aromatic N) is 1. The van der Waals surface area contributed by atoms with Gasteiger partial charge in [0.2, 0.25) is 11.8 Å². The molecule has 0 aromatic heterocycles. The van der Waals surface area contributed by atoms with Crippen LogP contribution >= 0.6 is 0 Å². The highest BCUT2D eigenvalue weighted by Gasteiger charge is 2.53. The average Bonchev–Trinajstić information content (AvgIpc) is 3.39. The molecule has 4 atom stereocenters. The molecule has 2 fully saturated rings. The summed E-state index contributed by atoms with van der Waals surface area (Å²) in [5.74, 6) is -3.17. The molecular formula is C24H32FN3O6. The number of rotatable bonds is 8. The standard InChI is InChI=1S/C24H32FN3O6/c1-23(2,3)19(27-22(34)24(25)9-10-24)21(33)28-13-15(29)11-17(28)20(32)26-16(12-18(30)31)14-7-5-4-6-8-14/h4-8,15-17,19,29H,9-13H2,1-3H3,(H,26,32)(H,27,34)(H,30,31)/t15-,16+,17+,19-/m1/s1. The van der Waals surface area contributed by atoms with Crippen molar-refractivity contribution in [1.82, 2.24) is 15.5 Å². The van der Waals surface area contributed by atoms with Gasteiger partial charge in [-0.05, 0) is 23.8 Å². The van der Waals surface area contributed by atoms with Gasteiger partial charge < -0.3 is 25.7 Å². The van der Waals surface area contributed by atoms with Gasteiger partial charge in [0.25, 0.3) is 5.91 Å². The van der Waals surface area contributed by atoms with E-state index in [1.807, 2.05) is 0 Å². The molecule has 186 valence electrons. The van der Waals surface area contributed by atoms with E-state index in [9.17, 15) is 33.8 Å². The van der Waals surface area contributed by atoms with Crippen molar-refractivity contribution < 1.29 is 33.8 Å². The lowest BCUT2D eigenvalue weighted by Gasteiger charge is -2.36. The molecule has 4 N–H and O–H groups in total. The lowest BCUT2D eigenvalue weighted by atomic mass is 9.85. The Labute approximate surface area is 197 Å².